The van der Waals surface area contributed by atoms with Gasteiger partial charge in [-0.25, -0.2) is 0 Å². The van der Waals surface area contributed by atoms with E-state index in [9.17, 15) is 4.79 Å². The van der Waals surface area contributed by atoms with E-state index in [-0.39, 0.29) is 12.0 Å². The maximum atomic E-state index is 12.1. The van der Waals surface area contributed by atoms with Crippen molar-refractivity contribution in [2.75, 3.05) is 13.1 Å². The van der Waals surface area contributed by atoms with E-state index in [1.165, 1.54) is 0 Å². The molecule has 1 fully saturated rings. The number of nitriles is 1. The molecule has 1 atom stereocenters. The van der Waals surface area contributed by atoms with Gasteiger partial charge in [0.15, 0.2) is 0 Å². The summed E-state index contributed by atoms with van der Waals surface area (Å²) in [5, 5.41) is 15.0. The molecular weight excluding hydrogens is 302 g/mol. The smallest absolute Gasteiger partial charge is 0.251 e. The van der Waals surface area contributed by atoms with Crippen molar-refractivity contribution < 1.29 is 9.53 Å². The highest BCUT2D eigenvalue weighted by atomic mass is 16.5. The van der Waals surface area contributed by atoms with Crippen molar-refractivity contribution in [2.45, 2.75) is 19.1 Å². The van der Waals surface area contributed by atoms with Gasteiger partial charge in [0.25, 0.3) is 5.91 Å². The summed E-state index contributed by atoms with van der Waals surface area (Å²) >= 11 is 0. The number of rotatable bonds is 5. The van der Waals surface area contributed by atoms with E-state index >= 15 is 0 Å². The average Bonchev–Trinajstić information content (AvgIpc) is 3.14. The lowest BCUT2D eigenvalue weighted by molar-refractivity contribution is 0.0951. The molecule has 0 aliphatic carbocycles. The normalized spacial score (nSPS) is 16.4. The number of carbonyl (C=O) groups is 1. The Bertz CT molecular complexity index is 744. The van der Waals surface area contributed by atoms with Crippen molar-refractivity contribution in [2.24, 2.45) is 0 Å². The van der Waals surface area contributed by atoms with Crippen LogP contribution in [0.4, 0.5) is 0 Å². The summed E-state index contributed by atoms with van der Waals surface area (Å²) in [4.78, 5) is 12.1. The molecule has 0 radical (unpaired) electrons. The van der Waals surface area contributed by atoms with Crippen molar-refractivity contribution in [3.8, 4) is 11.8 Å². The molecule has 5 heteroatoms. The Kier molecular flexibility index (Phi) is 5.09. The number of nitrogens with one attached hydrogen (secondary N) is 2. The molecule has 2 aromatic carbocycles. The molecule has 5 nitrogen and oxygen atoms in total. The third kappa shape index (κ3) is 4.12. The monoisotopic (exact) mass is 321 g/mol. The number of carbonyl (C=O) groups excluding carboxylic acids is 1. The number of hydrogen-bond donors (Lipinski definition) is 2. The summed E-state index contributed by atoms with van der Waals surface area (Å²) in [6, 6.07) is 16.4. The molecule has 3 rings (SSSR count). The molecule has 1 aliphatic rings. The zero-order valence-electron chi connectivity index (χ0n) is 13.3. The van der Waals surface area contributed by atoms with Crippen LogP contribution in [0.3, 0.4) is 0 Å². The molecule has 24 heavy (non-hydrogen) atoms. The van der Waals surface area contributed by atoms with Gasteiger partial charge in [0.2, 0.25) is 0 Å². The molecule has 1 heterocycles. The van der Waals surface area contributed by atoms with Crippen LogP contribution in [0.25, 0.3) is 0 Å². The van der Waals surface area contributed by atoms with Gasteiger partial charge in [0, 0.05) is 18.7 Å². The fraction of sp³-hybridized carbons (Fsp3) is 0.263. The molecule has 0 saturated carbocycles. The van der Waals surface area contributed by atoms with Crippen LogP contribution in [0.2, 0.25) is 0 Å². The maximum Gasteiger partial charge on any atom is 0.251 e. The van der Waals surface area contributed by atoms with Gasteiger partial charge in [0.1, 0.15) is 11.9 Å². The largest absolute Gasteiger partial charge is 0.489 e. The first-order valence-corrected chi connectivity index (χ1v) is 7.99. The van der Waals surface area contributed by atoms with E-state index in [2.05, 4.69) is 10.6 Å². The molecule has 0 bridgehead atoms. The first-order valence-electron chi connectivity index (χ1n) is 7.99. The van der Waals surface area contributed by atoms with Gasteiger partial charge in [0.05, 0.1) is 11.6 Å². The van der Waals surface area contributed by atoms with Crippen molar-refractivity contribution in [3.05, 3.63) is 65.2 Å². The maximum absolute atomic E-state index is 12.1. The predicted octanol–water partition coefficient (Wildman–Crippen LogP) is 2.23. The SMILES string of the molecule is N#Cc1cccc(C(=O)NCc2ccc(OC3CCNC3)cc2)c1. The highest BCUT2D eigenvalue weighted by Gasteiger charge is 2.15. The lowest BCUT2D eigenvalue weighted by Gasteiger charge is -2.13. The molecule has 1 saturated heterocycles. The highest BCUT2D eigenvalue weighted by molar-refractivity contribution is 5.94. The average molecular weight is 321 g/mol. The van der Waals surface area contributed by atoms with Crippen LogP contribution in [0, 0.1) is 11.3 Å². The first-order chi connectivity index (χ1) is 11.7. The van der Waals surface area contributed by atoms with Crippen molar-refractivity contribution in [1.29, 1.82) is 5.26 Å². The lowest BCUT2D eigenvalue weighted by Crippen LogP contribution is -2.23. The van der Waals surface area contributed by atoms with E-state index in [4.69, 9.17) is 10.00 Å². The summed E-state index contributed by atoms with van der Waals surface area (Å²) in [5.74, 6) is 0.657. The van der Waals surface area contributed by atoms with Crippen LogP contribution < -0.4 is 15.4 Å². The minimum atomic E-state index is -0.190. The van der Waals surface area contributed by atoms with E-state index in [1.807, 2.05) is 30.3 Å². The second-order valence-electron chi connectivity index (χ2n) is 5.75. The summed E-state index contributed by atoms with van der Waals surface area (Å²) in [6.07, 6.45) is 1.27. The van der Waals surface area contributed by atoms with Crippen LogP contribution in [0.15, 0.2) is 48.5 Å². The molecule has 122 valence electrons. The summed E-state index contributed by atoms with van der Waals surface area (Å²) in [6.45, 7) is 2.32. The van der Waals surface area contributed by atoms with Crippen LogP contribution in [0.1, 0.15) is 27.9 Å². The molecule has 1 aliphatic heterocycles. The molecule has 1 amide bonds. The van der Waals surface area contributed by atoms with Crippen molar-refractivity contribution >= 4 is 5.91 Å². The highest BCUT2D eigenvalue weighted by Crippen LogP contribution is 2.16. The standard InChI is InChI=1S/C19H19N3O2/c20-11-15-2-1-3-16(10-15)19(23)22-12-14-4-6-17(7-5-14)24-18-8-9-21-13-18/h1-7,10,18,21H,8-9,12-13H2,(H,22,23). The Balaban J connectivity index is 1.54. The topological polar surface area (TPSA) is 74.2 Å². The third-order valence-electron chi connectivity index (χ3n) is 3.95. The van der Waals surface area contributed by atoms with E-state index in [0.717, 1.165) is 30.8 Å². The zero-order chi connectivity index (χ0) is 16.8. The lowest BCUT2D eigenvalue weighted by atomic mass is 10.1. The Labute approximate surface area is 141 Å². The Morgan fingerprint density at radius 2 is 2.12 bits per heavy atom. The number of amides is 1. The van der Waals surface area contributed by atoms with E-state index in [1.54, 1.807) is 24.3 Å². The van der Waals surface area contributed by atoms with Crippen LogP contribution >= 0.6 is 0 Å². The van der Waals surface area contributed by atoms with E-state index in [0.29, 0.717) is 17.7 Å². The van der Waals surface area contributed by atoms with Gasteiger partial charge in [-0.05, 0) is 48.9 Å². The molecule has 0 spiro atoms. The quantitative estimate of drug-likeness (QED) is 0.885. The van der Waals surface area contributed by atoms with Crippen LogP contribution in [0.5, 0.6) is 5.75 Å². The number of hydrogen-bond acceptors (Lipinski definition) is 4. The van der Waals surface area contributed by atoms with E-state index < -0.39 is 0 Å². The minimum absolute atomic E-state index is 0.190. The summed E-state index contributed by atoms with van der Waals surface area (Å²) in [7, 11) is 0. The van der Waals surface area contributed by atoms with Crippen molar-refractivity contribution in [1.82, 2.24) is 10.6 Å². The minimum Gasteiger partial charge on any atom is -0.489 e. The molecule has 2 N–H and O–H groups in total. The Hall–Kier alpha value is -2.84. The van der Waals surface area contributed by atoms with Gasteiger partial charge in [-0.3, -0.25) is 4.79 Å². The van der Waals surface area contributed by atoms with Gasteiger partial charge < -0.3 is 15.4 Å². The summed E-state index contributed by atoms with van der Waals surface area (Å²) < 4.78 is 5.87. The number of ether oxygens (including phenoxy) is 1. The zero-order valence-corrected chi connectivity index (χ0v) is 13.3. The number of benzene rings is 2. The number of nitrogens with zero attached hydrogens (tertiary/aromatic N) is 1. The van der Waals surface area contributed by atoms with Gasteiger partial charge in [-0.2, -0.15) is 5.26 Å². The molecule has 1 unspecified atom stereocenters. The fourth-order valence-electron chi connectivity index (χ4n) is 2.62. The second kappa shape index (κ2) is 7.62. The van der Waals surface area contributed by atoms with Gasteiger partial charge >= 0.3 is 0 Å². The molecule has 0 aromatic heterocycles. The Morgan fingerprint density at radius 3 is 2.83 bits per heavy atom. The Morgan fingerprint density at radius 1 is 1.29 bits per heavy atom. The fourth-order valence-corrected chi connectivity index (χ4v) is 2.62. The van der Waals surface area contributed by atoms with Gasteiger partial charge in [-0.15, -0.1) is 0 Å². The van der Waals surface area contributed by atoms with Crippen LogP contribution in [-0.2, 0) is 6.54 Å². The van der Waals surface area contributed by atoms with Gasteiger partial charge in [-0.1, -0.05) is 18.2 Å². The third-order valence-corrected chi connectivity index (χ3v) is 3.95. The first kappa shape index (κ1) is 16.0. The molecule has 2 aromatic rings. The van der Waals surface area contributed by atoms with Crippen LogP contribution in [-0.4, -0.2) is 25.1 Å². The molecular formula is C19H19N3O2. The predicted molar refractivity (Wildman–Crippen MR) is 90.7 cm³/mol. The summed E-state index contributed by atoms with van der Waals surface area (Å²) in [5.41, 5.74) is 1.96. The van der Waals surface area contributed by atoms with Crippen molar-refractivity contribution in [3.63, 3.8) is 0 Å². The second-order valence-corrected chi connectivity index (χ2v) is 5.75.